The summed E-state index contributed by atoms with van der Waals surface area (Å²) < 4.78 is 0. The first-order chi connectivity index (χ1) is 7.84. The van der Waals surface area contributed by atoms with Crippen LogP contribution in [0.25, 0.3) is 0 Å². The smallest absolute Gasteiger partial charge is 0.0192 e. The van der Waals surface area contributed by atoms with Crippen LogP contribution in [-0.4, -0.2) is 37.1 Å². The minimum Gasteiger partial charge on any atom is -0.315 e. The van der Waals surface area contributed by atoms with Crippen molar-refractivity contribution in [3.8, 4) is 0 Å². The van der Waals surface area contributed by atoms with Gasteiger partial charge in [0.05, 0.1) is 0 Å². The highest BCUT2D eigenvalue weighted by Gasteiger charge is 2.14. The Balaban J connectivity index is 2.05. The minimum absolute atomic E-state index is 0.722. The molecule has 1 rings (SSSR count). The predicted molar refractivity (Wildman–Crippen MR) is 71.9 cm³/mol. The van der Waals surface area contributed by atoms with E-state index in [1.807, 2.05) is 0 Å². The molecule has 1 saturated heterocycles. The Hall–Kier alpha value is -0.0800. The van der Waals surface area contributed by atoms with Crippen LogP contribution in [0.3, 0.4) is 0 Å². The maximum atomic E-state index is 3.60. The lowest BCUT2D eigenvalue weighted by molar-refractivity contribution is 0.212. The van der Waals surface area contributed by atoms with Crippen LogP contribution in [0.15, 0.2) is 0 Å². The second-order valence-corrected chi connectivity index (χ2v) is 5.21. The van der Waals surface area contributed by atoms with Crippen molar-refractivity contribution in [2.75, 3.05) is 26.2 Å². The maximum absolute atomic E-state index is 3.60. The van der Waals surface area contributed by atoms with Gasteiger partial charge in [-0.05, 0) is 45.8 Å². The fraction of sp³-hybridized carbons (Fsp3) is 1.00. The van der Waals surface area contributed by atoms with Crippen molar-refractivity contribution in [2.24, 2.45) is 0 Å². The van der Waals surface area contributed by atoms with Crippen LogP contribution < -0.4 is 5.32 Å². The molecule has 0 radical (unpaired) electrons. The molecule has 96 valence electrons. The van der Waals surface area contributed by atoms with Crippen LogP contribution in [0.4, 0.5) is 0 Å². The summed E-state index contributed by atoms with van der Waals surface area (Å²) in [6, 6.07) is 0.722. The average molecular weight is 226 g/mol. The Kier molecular flexibility index (Phi) is 7.87. The molecule has 1 aliphatic rings. The molecule has 2 nitrogen and oxygen atoms in total. The second kappa shape index (κ2) is 9.00. The van der Waals surface area contributed by atoms with Gasteiger partial charge in [0.1, 0.15) is 0 Å². The second-order valence-electron chi connectivity index (χ2n) is 5.21. The highest BCUT2D eigenvalue weighted by atomic mass is 15.2. The first-order valence-corrected chi connectivity index (χ1v) is 7.29. The van der Waals surface area contributed by atoms with Gasteiger partial charge >= 0.3 is 0 Å². The molecule has 16 heavy (non-hydrogen) atoms. The van der Waals surface area contributed by atoms with E-state index < -0.39 is 0 Å². The Morgan fingerprint density at radius 1 is 1.06 bits per heavy atom. The van der Waals surface area contributed by atoms with E-state index in [-0.39, 0.29) is 0 Å². The normalized spacial score (nSPS) is 20.6. The van der Waals surface area contributed by atoms with Crippen LogP contribution in [0.5, 0.6) is 0 Å². The summed E-state index contributed by atoms with van der Waals surface area (Å²) in [6.07, 6.45) is 9.71. The first kappa shape index (κ1) is 14.0. The molecule has 0 amide bonds. The lowest BCUT2D eigenvalue weighted by Crippen LogP contribution is -2.41. The summed E-state index contributed by atoms with van der Waals surface area (Å²) in [5.41, 5.74) is 0. The number of rotatable bonds is 7. The molecule has 1 N–H and O–H groups in total. The number of hydrogen-bond donors (Lipinski definition) is 1. The molecule has 0 aromatic heterocycles. The van der Waals surface area contributed by atoms with Crippen molar-refractivity contribution >= 4 is 0 Å². The van der Waals surface area contributed by atoms with Gasteiger partial charge in [0.15, 0.2) is 0 Å². The third-order valence-corrected chi connectivity index (χ3v) is 3.66. The zero-order valence-corrected chi connectivity index (χ0v) is 11.3. The molecule has 0 bridgehead atoms. The van der Waals surface area contributed by atoms with Gasteiger partial charge < -0.3 is 5.32 Å². The lowest BCUT2D eigenvalue weighted by Gasteiger charge is -2.27. The van der Waals surface area contributed by atoms with E-state index in [9.17, 15) is 0 Å². The van der Waals surface area contributed by atoms with Crippen molar-refractivity contribution < 1.29 is 0 Å². The largest absolute Gasteiger partial charge is 0.315 e. The molecule has 0 aromatic rings. The molecule has 1 unspecified atom stereocenters. The van der Waals surface area contributed by atoms with E-state index in [1.54, 1.807) is 0 Å². The van der Waals surface area contributed by atoms with Gasteiger partial charge in [-0.15, -0.1) is 0 Å². The maximum Gasteiger partial charge on any atom is 0.0192 e. The molecule has 0 saturated carbocycles. The predicted octanol–water partition coefficient (Wildman–Crippen LogP) is 3.03. The van der Waals surface area contributed by atoms with E-state index >= 15 is 0 Å². The van der Waals surface area contributed by atoms with Gasteiger partial charge in [0.25, 0.3) is 0 Å². The summed E-state index contributed by atoms with van der Waals surface area (Å²) in [6.45, 7) is 9.64. The topological polar surface area (TPSA) is 15.3 Å². The SMILES string of the molecule is CCCCCNCC(C)N1CCCCCC1. The number of hydrogen-bond acceptors (Lipinski definition) is 2. The number of unbranched alkanes of at least 4 members (excludes halogenated alkanes) is 2. The summed E-state index contributed by atoms with van der Waals surface area (Å²) in [5, 5.41) is 3.60. The number of likely N-dealkylation sites (tertiary alicyclic amines) is 1. The van der Waals surface area contributed by atoms with E-state index in [0.717, 1.165) is 6.04 Å². The van der Waals surface area contributed by atoms with Gasteiger partial charge in [0, 0.05) is 12.6 Å². The average Bonchev–Trinajstić information content (AvgIpc) is 2.57. The fourth-order valence-electron chi connectivity index (χ4n) is 2.48. The van der Waals surface area contributed by atoms with Crippen LogP contribution in [0.1, 0.15) is 58.8 Å². The van der Waals surface area contributed by atoms with Gasteiger partial charge in [0.2, 0.25) is 0 Å². The van der Waals surface area contributed by atoms with Gasteiger partial charge in [-0.25, -0.2) is 0 Å². The summed E-state index contributed by atoms with van der Waals surface area (Å²) in [5.74, 6) is 0. The Labute approximate surface area is 102 Å². The third-order valence-electron chi connectivity index (χ3n) is 3.66. The molecular weight excluding hydrogens is 196 g/mol. The number of nitrogens with one attached hydrogen (secondary N) is 1. The van der Waals surface area contributed by atoms with E-state index in [0.29, 0.717) is 0 Å². The van der Waals surface area contributed by atoms with Crippen molar-refractivity contribution in [1.82, 2.24) is 10.2 Å². The van der Waals surface area contributed by atoms with Crippen molar-refractivity contribution in [2.45, 2.75) is 64.8 Å². The Morgan fingerprint density at radius 2 is 1.75 bits per heavy atom. The molecule has 2 heteroatoms. The van der Waals surface area contributed by atoms with Crippen LogP contribution in [0, 0.1) is 0 Å². The fourth-order valence-corrected chi connectivity index (χ4v) is 2.48. The highest BCUT2D eigenvalue weighted by molar-refractivity contribution is 4.72. The third kappa shape index (κ3) is 5.86. The Morgan fingerprint density at radius 3 is 2.38 bits per heavy atom. The molecule has 0 aliphatic carbocycles. The van der Waals surface area contributed by atoms with Crippen LogP contribution in [-0.2, 0) is 0 Å². The molecule has 1 fully saturated rings. The van der Waals surface area contributed by atoms with Crippen molar-refractivity contribution in [1.29, 1.82) is 0 Å². The standard InChI is InChI=1S/C14H30N2/c1-3-4-7-10-15-13-14(2)16-11-8-5-6-9-12-16/h14-15H,3-13H2,1-2H3. The lowest BCUT2D eigenvalue weighted by atomic mass is 10.2. The monoisotopic (exact) mass is 226 g/mol. The Bertz CT molecular complexity index is 151. The number of nitrogens with zero attached hydrogens (tertiary/aromatic N) is 1. The van der Waals surface area contributed by atoms with E-state index in [4.69, 9.17) is 0 Å². The minimum atomic E-state index is 0.722. The van der Waals surface area contributed by atoms with Crippen molar-refractivity contribution in [3.63, 3.8) is 0 Å². The molecular formula is C14H30N2. The van der Waals surface area contributed by atoms with Crippen LogP contribution >= 0.6 is 0 Å². The highest BCUT2D eigenvalue weighted by Crippen LogP contribution is 2.11. The molecule has 1 aliphatic heterocycles. The van der Waals surface area contributed by atoms with E-state index in [2.05, 4.69) is 24.1 Å². The van der Waals surface area contributed by atoms with Gasteiger partial charge in [-0.3, -0.25) is 4.90 Å². The van der Waals surface area contributed by atoms with Crippen LogP contribution in [0.2, 0.25) is 0 Å². The summed E-state index contributed by atoms with van der Waals surface area (Å²) in [4.78, 5) is 2.67. The van der Waals surface area contributed by atoms with Gasteiger partial charge in [-0.2, -0.15) is 0 Å². The van der Waals surface area contributed by atoms with Crippen molar-refractivity contribution in [3.05, 3.63) is 0 Å². The van der Waals surface area contributed by atoms with Gasteiger partial charge in [-0.1, -0.05) is 32.6 Å². The summed E-state index contributed by atoms with van der Waals surface area (Å²) >= 11 is 0. The molecule has 0 spiro atoms. The first-order valence-electron chi connectivity index (χ1n) is 7.29. The molecule has 0 aromatic carbocycles. The summed E-state index contributed by atoms with van der Waals surface area (Å²) in [7, 11) is 0. The van der Waals surface area contributed by atoms with E-state index in [1.165, 1.54) is 71.1 Å². The quantitative estimate of drug-likeness (QED) is 0.671. The molecule has 1 atom stereocenters. The zero-order valence-electron chi connectivity index (χ0n) is 11.3. The molecule has 1 heterocycles. The zero-order chi connectivity index (χ0) is 11.6.